The monoisotopic (exact) mass is 258 g/mol. The predicted octanol–water partition coefficient (Wildman–Crippen LogP) is -0.876. The first-order valence-corrected chi connectivity index (χ1v) is 6.23. The molecule has 0 aliphatic rings. The zero-order valence-electron chi connectivity index (χ0n) is 9.17. The van der Waals surface area contributed by atoms with Crippen LogP contribution in [0.4, 0.5) is 5.69 Å². The molecule has 6 N–H and O–H groups in total. The Hall–Kier alpha value is -1.64. The van der Waals surface area contributed by atoms with Crippen LogP contribution in [0.5, 0.6) is 0 Å². The van der Waals surface area contributed by atoms with Crippen LogP contribution in [0.1, 0.15) is 6.92 Å². The van der Waals surface area contributed by atoms with Gasteiger partial charge in [0.2, 0.25) is 15.9 Å². The second-order valence-electron chi connectivity index (χ2n) is 3.41. The van der Waals surface area contributed by atoms with E-state index in [0.717, 1.165) is 0 Å². The van der Waals surface area contributed by atoms with Crippen LogP contribution in [0.15, 0.2) is 29.2 Å². The Labute approximate surface area is 99.2 Å². The van der Waals surface area contributed by atoms with Gasteiger partial charge in [-0.05, 0) is 31.2 Å². The molecule has 1 unspecified atom stereocenters. The number of sulfonamides is 1. The molecule has 0 spiro atoms. The molecule has 0 aliphatic carbocycles. The van der Waals surface area contributed by atoms with Crippen molar-refractivity contribution in [2.24, 2.45) is 11.6 Å². The van der Waals surface area contributed by atoms with Gasteiger partial charge in [-0.1, -0.05) is 0 Å². The highest BCUT2D eigenvalue weighted by atomic mass is 32.2. The van der Waals surface area contributed by atoms with Gasteiger partial charge in [0.25, 0.3) is 0 Å². The molecule has 0 fully saturated rings. The van der Waals surface area contributed by atoms with E-state index in [4.69, 9.17) is 11.6 Å². The largest absolute Gasteiger partial charge is 0.368 e. The lowest BCUT2D eigenvalue weighted by molar-refractivity contribution is -0.119. The predicted molar refractivity (Wildman–Crippen MR) is 63.2 cm³/mol. The molecule has 8 heteroatoms. The molecule has 0 heterocycles. The summed E-state index contributed by atoms with van der Waals surface area (Å²) in [5.41, 5.74) is 7.93. The molecule has 0 bridgehead atoms. The first kappa shape index (κ1) is 13.4. The lowest BCUT2D eigenvalue weighted by atomic mass is 10.3. The van der Waals surface area contributed by atoms with Crippen molar-refractivity contribution >= 4 is 21.6 Å². The number of carbonyl (C=O) groups excluding carboxylic acids is 1. The fraction of sp³-hybridized carbons (Fsp3) is 0.222. The topological polar surface area (TPSA) is 127 Å². The Morgan fingerprint density at radius 3 is 2.24 bits per heavy atom. The van der Waals surface area contributed by atoms with Gasteiger partial charge in [0.1, 0.15) is 0 Å². The van der Waals surface area contributed by atoms with Crippen LogP contribution in [-0.2, 0) is 14.8 Å². The smallest absolute Gasteiger partial charge is 0.241 e. The van der Waals surface area contributed by atoms with E-state index in [0.29, 0.717) is 5.69 Å². The van der Waals surface area contributed by atoms with Crippen LogP contribution < -0.4 is 21.7 Å². The normalized spacial score (nSPS) is 13.1. The SMILES string of the molecule is CC(NS(=O)(=O)c1ccc(NN)cc1)C(N)=O. The summed E-state index contributed by atoms with van der Waals surface area (Å²) in [4.78, 5) is 10.8. The number of rotatable bonds is 5. The minimum atomic E-state index is -3.75. The third-order valence-electron chi connectivity index (χ3n) is 2.09. The molecule has 7 nitrogen and oxygen atoms in total. The molecule has 1 aromatic rings. The maximum Gasteiger partial charge on any atom is 0.241 e. The van der Waals surface area contributed by atoms with Gasteiger partial charge < -0.3 is 11.2 Å². The third kappa shape index (κ3) is 3.41. The van der Waals surface area contributed by atoms with Gasteiger partial charge in [-0.3, -0.25) is 10.6 Å². The average Bonchev–Trinajstić information content (AvgIpc) is 2.28. The highest BCUT2D eigenvalue weighted by Crippen LogP contribution is 2.13. The second-order valence-corrected chi connectivity index (χ2v) is 5.13. The molecule has 1 atom stereocenters. The quantitative estimate of drug-likeness (QED) is 0.403. The fourth-order valence-corrected chi connectivity index (χ4v) is 2.30. The molecule has 0 aromatic heterocycles. The standard InChI is InChI=1S/C9H14N4O3S/c1-6(9(10)14)13-17(15,16)8-4-2-7(12-11)3-5-8/h2-6,12-13H,11H2,1H3,(H2,10,14). The Kier molecular flexibility index (Phi) is 4.05. The Morgan fingerprint density at radius 2 is 1.82 bits per heavy atom. The van der Waals surface area contributed by atoms with Crippen LogP contribution in [0.2, 0.25) is 0 Å². The summed E-state index contributed by atoms with van der Waals surface area (Å²) in [5, 5.41) is 0. The van der Waals surface area contributed by atoms with E-state index in [-0.39, 0.29) is 4.90 Å². The van der Waals surface area contributed by atoms with Crippen molar-refractivity contribution in [3.8, 4) is 0 Å². The van der Waals surface area contributed by atoms with Crippen molar-refractivity contribution in [1.29, 1.82) is 0 Å². The molecule has 17 heavy (non-hydrogen) atoms. The minimum Gasteiger partial charge on any atom is -0.368 e. The number of hydrazine groups is 1. The van der Waals surface area contributed by atoms with Crippen LogP contribution in [-0.4, -0.2) is 20.4 Å². The lowest BCUT2D eigenvalue weighted by Crippen LogP contribution is -2.42. The maximum atomic E-state index is 11.8. The fourth-order valence-electron chi connectivity index (χ4n) is 1.09. The van der Waals surface area contributed by atoms with E-state index in [1.54, 1.807) is 0 Å². The molecule has 0 radical (unpaired) electrons. The molecule has 1 rings (SSSR count). The lowest BCUT2D eigenvalue weighted by Gasteiger charge is -2.11. The summed E-state index contributed by atoms with van der Waals surface area (Å²) in [5.74, 6) is 4.41. The first-order valence-electron chi connectivity index (χ1n) is 4.75. The molecular formula is C9H14N4O3S. The Balaban J connectivity index is 2.93. The maximum absolute atomic E-state index is 11.8. The van der Waals surface area contributed by atoms with Crippen molar-refractivity contribution in [2.75, 3.05) is 5.43 Å². The number of carbonyl (C=O) groups is 1. The van der Waals surface area contributed by atoms with E-state index in [9.17, 15) is 13.2 Å². The van der Waals surface area contributed by atoms with Crippen molar-refractivity contribution in [3.63, 3.8) is 0 Å². The molecule has 1 aromatic carbocycles. The number of nitrogens with one attached hydrogen (secondary N) is 2. The van der Waals surface area contributed by atoms with Gasteiger partial charge in [-0.25, -0.2) is 8.42 Å². The number of hydrogen-bond donors (Lipinski definition) is 4. The summed E-state index contributed by atoms with van der Waals surface area (Å²) in [6.45, 7) is 1.37. The van der Waals surface area contributed by atoms with E-state index in [2.05, 4.69) is 10.1 Å². The van der Waals surface area contributed by atoms with Crippen molar-refractivity contribution in [3.05, 3.63) is 24.3 Å². The molecule has 0 saturated heterocycles. The number of amides is 1. The molecular weight excluding hydrogens is 244 g/mol. The highest BCUT2D eigenvalue weighted by Gasteiger charge is 2.19. The van der Waals surface area contributed by atoms with Gasteiger partial charge in [-0.2, -0.15) is 4.72 Å². The van der Waals surface area contributed by atoms with E-state index in [1.165, 1.54) is 31.2 Å². The molecule has 0 saturated carbocycles. The van der Waals surface area contributed by atoms with Crippen LogP contribution >= 0.6 is 0 Å². The van der Waals surface area contributed by atoms with Crippen LogP contribution in [0.25, 0.3) is 0 Å². The Morgan fingerprint density at radius 1 is 1.29 bits per heavy atom. The van der Waals surface area contributed by atoms with Crippen molar-refractivity contribution < 1.29 is 13.2 Å². The number of nitrogens with two attached hydrogens (primary N) is 2. The van der Waals surface area contributed by atoms with E-state index in [1.807, 2.05) is 0 Å². The summed E-state index contributed by atoms with van der Waals surface area (Å²) in [7, 11) is -3.75. The number of benzene rings is 1. The number of nitrogen functional groups attached to an aromatic ring is 1. The number of anilines is 1. The zero-order chi connectivity index (χ0) is 13.1. The molecule has 0 aliphatic heterocycles. The van der Waals surface area contributed by atoms with Gasteiger partial charge in [0, 0.05) is 5.69 Å². The summed E-state index contributed by atoms with van der Waals surface area (Å²) in [6.07, 6.45) is 0. The summed E-state index contributed by atoms with van der Waals surface area (Å²) in [6, 6.07) is 4.77. The zero-order valence-corrected chi connectivity index (χ0v) is 9.99. The van der Waals surface area contributed by atoms with Gasteiger partial charge >= 0.3 is 0 Å². The third-order valence-corrected chi connectivity index (χ3v) is 3.65. The van der Waals surface area contributed by atoms with Crippen LogP contribution in [0, 0.1) is 0 Å². The van der Waals surface area contributed by atoms with Crippen LogP contribution in [0.3, 0.4) is 0 Å². The van der Waals surface area contributed by atoms with E-state index < -0.39 is 22.0 Å². The summed E-state index contributed by atoms with van der Waals surface area (Å²) < 4.78 is 25.7. The van der Waals surface area contributed by atoms with Crippen molar-refractivity contribution in [2.45, 2.75) is 17.9 Å². The summed E-state index contributed by atoms with van der Waals surface area (Å²) >= 11 is 0. The highest BCUT2D eigenvalue weighted by molar-refractivity contribution is 7.89. The van der Waals surface area contributed by atoms with Gasteiger partial charge in [-0.15, -0.1) is 0 Å². The number of primary amides is 1. The number of hydrogen-bond acceptors (Lipinski definition) is 5. The molecule has 94 valence electrons. The second kappa shape index (κ2) is 5.13. The van der Waals surface area contributed by atoms with Gasteiger partial charge in [0.05, 0.1) is 10.9 Å². The molecule has 1 amide bonds. The van der Waals surface area contributed by atoms with E-state index >= 15 is 0 Å². The minimum absolute atomic E-state index is 0.0320. The van der Waals surface area contributed by atoms with Crippen molar-refractivity contribution in [1.82, 2.24) is 4.72 Å². The average molecular weight is 258 g/mol. The first-order chi connectivity index (χ1) is 7.86. The Bertz CT molecular complexity index is 497. The van der Waals surface area contributed by atoms with Gasteiger partial charge in [0.15, 0.2) is 0 Å².